The summed E-state index contributed by atoms with van der Waals surface area (Å²) >= 11 is 0. The standard InChI is InChI=1S/C12H22O6/c13-11(14)5-1-2-7-17-9-4-10-18-8-3-6-12(15)16/h1-10H2,(H,13,14)(H,15,16). The van der Waals surface area contributed by atoms with Crippen LogP contribution in [0, 0.1) is 0 Å². The van der Waals surface area contributed by atoms with Gasteiger partial charge in [0.2, 0.25) is 0 Å². The predicted octanol–water partition coefficient (Wildman–Crippen LogP) is 1.53. The predicted molar refractivity (Wildman–Crippen MR) is 64.6 cm³/mol. The highest BCUT2D eigenvalue weighted by Gasteiger charge is 1.97. The molecule has 6 heteroatoms. The molecule has 0 radical (unpaired) electrons. The molecule has 0 fully saturated rings. The Morgan fingerprint density at radius 3 is 1.67 bits per heavy atom. The molecule has 0 atom stereocenters. The molecule has 0 amide bonds. The van der Waals surface area contributed by atoms with Crippen molar-refractivity contribution in [2.75, 3.05) is 26.4 Å². The second kappa shape index (κ2) is 12.3. The van der Waals surface area contributed by atoms with Crippen LogP contribution in [0.3, 0.4) is 0 Å². The number of carbonyl (C=O) groups is 2. The van der Waals surface area contributed by atoms with E-state index in [0.29, 0.717) is 39.3 Å². The van der Waals surface area contributed by atoms with Gasteiger partial charge in [-0.25, -0.2) is 0 Å². The van der Waals surface area contributed by atoms with E-state index in [1.807, 2.05) is 0 Å². The topological polar surface area (TPSA) is 93.1 Å². The fraction of sp³-hybridized carbons (Fsp3) is 0.833. The molecule has 0 aliphatic rings. The van der Waals surface area contributed by atoms with Gasteiger partial charge in [-0.1, -0.05) is 0 Å². The maximum absolute atomic E-state index is 10.2. The molecule has 0 aromatic heterocycles. The van der Waals surface area contributed by atoms with E-state index < -0.39 is 11.9 Å². The van der Waals surface area contributed by atoms with Crippen molar-refractivity contribution in [3.8, 4) is 0 Å². The molecule has 2 N–H and O–H groups in total. The Morgan fingerprint density at radius 1 is 0.667 bits per heavy atom. The molecule has 18 heavy (non-hydrogen) atoms. The lowest BCUT2D eigenvalue weighted by Crippen LogP contribution is -2.05. The van der Waals surface area contributed by atoms with Crippen LogP contribution in [0.15, 0.2) is 0 Å². The van der Waals surface area contributed by atoms with Gasteiger partial charge in [-0.15, -0.1) is 0 Å². The summed E-state index contributed by atoms with van der Waals surface area (Å²) in [4.78, 5) is 20.4. The van der Waals surface area contributed by atoms with Crippen molar-refractivity contribution in [1.29, 1.82) is 0 Å². The van der Waals surface area contributed by atoms with Crippen molar-refractivity contribution >= 4 is 11.9 Å². The van der Waals surface area contributed by atoms with Crippen molar-refractivity contribution in [2.45, 2.75) is 38.5 Å². The fourth-order valence-corrected chi connectivity index (χ4v) is 1.27. The number of aliphatic carboxylic acids is 2. The summed E-state index contributed by atoms with van der Waals surface area (Å²) in [6.07, 6.45) is 3.03. The molecule has 0 saturated carbocycles. The molecule has 0 rings (SSSR count). The Morgan fingerprint density at radius 2 is 1.11 bits per heavy atom. The number of rotatable bonds is 13. The summed E-state index contributed by atoms with van der Waals surface area (Å²) in [7, 11) is 0. The van der Waals surface area contributed by atoms with Crippen LogP contribution < -0.4 is 0 Å². The van der Waals surface area contributed by atoms with Gasteiger partial charge >= 0.3 is 11.9 Å². The van der Waals surface area contributed by atoms with Gasteiger partial charge in [-0.2, -0.15) is 0 Å². The van der Waals surface area contributed by atoms with E-state index in [1.165, 1.54) is 0 Å². The Hall–Kier alpha value is -1.14. The summed E-state index contributed by atoms with van der Waals surface area (Å²) in [6, 6.07) is 0. The quantitative estimate of drug-likeness (QED) is 0.489. The van der Waals surface area contributed by atoms with E-state index >= 15 is 0 Å². The number of hydrogen-bond donors (Lipinski definition) is 2. The zero-order valence-electron chi connectivity index (χ0n) is 10.6. The highest BCUT2D eigenvalue weighted by Crippen LogP contribution is 1.97. The maximum Gasteiger partial charge on any atom is 0.303 e. The molecule has 0 saturated heterocycles. The first kappa shape index (κ1) is 16.9. The van der Waals surface area contributed by atoms with E-state index in [2.05, 4.69) is 0 Å². The number of carboxylic acids is 2. The fourth-order valence-electron chi connectivity index (χ4n) is 1.27. The molecule has 0 aromatic rings. The van der Waals surface area contributed by atoms with Crippen molar-refractivity contribution in [3.05, 3.63) is 0 Å². The third-order valence-electron chi connectivity index (χ3n) is 2.19. The molecule has 0 spiro atoms. The molecule has 0 heterocycles. The third kappa shape index (κ3) is 14.9. The summed E-state index contributed by atoms with van der Waals surface area (Å²) in [5.74, 6) is -1.58. The smallest absolute Gasteiger partial charge is 0.303 e. The lowest BCUT2D eigenvalue weighted by molar-refractivity contribution is -0.138. The van der Waals surface area contributed by atoms with E-state index in [-0.39, 0.29) is 12.8 Å². The van der Waals surface area contributed by atoms with Crippen LogP contribution in [0.2, 0.25) is 0 Å². The average molecular weight is 262 g/mol. The summed E-state index contributed by atoms with van der Waals surface area (Å²) in [6.45, 7) is 2.19. The number of carboxylic acid groups (broad SMARTS) is 2. The van der Waals surface area contributed by atoms with Crippen LogP contribution in [0.1, 0.15) is 38.5 Å². The number of unbranched alkanes of at least 4 members (excludes halogenated alkanes) is 1. The lowest BCUT2D eigenvalue weighted by Gasteiger charge is -2.04. The highest BCUT2D eigenvalue weighted by molar-refractivity contribution is 5.66. The minimum atomic E-state index is -0.803. The van der Waals surface area contributed by atoms with Gasteiger partial charge in [-0.05, 0) is 25.7 Å². The Kier molecular flexibility index (Phi) is 11.5. The number of hydrogen-bond acceptors (Lipinski definition) is 4. The molecular weight excluding hydrogens is 240 g/mol. The summed E-state index contributed by atoms with van der Waals surface area (Å²) in [5.41, 5.74) is 0. The average Bonchev–Trinajstić information content (AvgIpc) is 2.29. The largest absolute Gasteiger partial charge is 0.481 e. The van der Waals surface area contributed by atoms with E-state index in [4.69, 9.17) is 19.7 Å². The van der Waals surface area contributed by atoms with Crippen LogP contribution in [0.25, 0.3) is 0 Å². The Balaban J connectivity index is 2.99. The van der Waals surface area contributed by atoms with Gasteiger partial charge in [0.1, 0.15) is 0 Å². The van der Waals surface area contributed by atoms with E-state index in [1.54, 1.807) is 0 Å². The normalized spacial score (nSPS) is 10.4. The minimum absolute atomic E-state index is 0.139. The Bertz CT molecular complexity index is 205. The van der Waals surface area contributed by atoms with Crippen LogP contribution in [-0.2, 0) is 19.1 Å². The molecule has 0 aliphatic heterocycles. The first-order chi connectivity index (χ1) is 8.63. The second-order valence-corrected chi connectivity index (χ2v) is 3.93. The van der Waals surface area contributed by atoms with Crippen molar-refractivity contribution in [2.24, 2.45) is 0 Å². The van der Waals surface area contributed by atoms with Crippen LogP contribution in [-0.4, -0.2) is 48.6 Å². The first-order valence-electron chi connectivity index (χ1n) is 6.22. The third-order valence-corrected chi connectivity index (χ3v) is 2.19. The van der Waals surface area contributed by atoms with Crippen molar-refractivity contribution in [1.82, 2.24) is 0 Å². The van der Waals surface area contributed by atoms with Crippen molar-refractivity contribution in [3.63, 3.8) is 0 Å². The molecule has 0 unspecified atom stereocenters. The molecule has 6 nitrogen and oxygen atoms in total. The molecule has 0 aromatic carbocycles. The molecule has 106 valence electrons. The van der Waals surface area contributed by atoms with Gasteiger partial charge < -0.3 is 19.7 Å². The van der Waals surface area contributed by atoms with E-state index in [0.717, 1.165) is 12.8 Å². The number of ether oxygens (including phenoxy) is 2. The maximum atomic E-state index is 10.2. The SMILES string of the molecule is O=C(O)CCCCOCCCOCCCC(=O)O. The van der Waals surface area contributed by atoms with Crippen molar-refractivity contribution < 1.29 is 29.3 Å². The molecule has 0 aliphatic carbocycles. The highest BCUT2D eigenvalue weighted by atomic mass is 16.5. The van der Waals surface area contributed by atoms with Gasteiger partial charge in [0.15, 0.2) is 0 Å². The van der Waals surface area contributed by atoms with Crippen LogP contribution >= 0.6 is 0 Å². The summed E-state index contributed by atoms with van der Waals surface area (Å²) < 4.78 is 10.5. The molecular formula is C12H22O6. The Labute approximate surface area is 107 Å². The van der Waals surface area contributed by atoms with Crippen LogP contribution in [0.4, 0.5) is 0 Å². The summed E-state index contributed by atoms with van der Waals surface area (Å²) in [5, 5.41) is 16.8. The van der Waals surface area contributed by atoms with E-state index in [9.17, 15) is 9.59 Å². The zero-order chi connectivity index (χ0) is 13.6. The van der Waals surface area contributed by atoms with Gasteiger partial charge in [-0.3, -0.25) is 9.59 Å². The molecule has 0 bridgehead atoms. The zero-order valence-corrected chi connectivity index (χ0v) is 10.6. The lowest BCUT2D eigenvalue weighted by atomic mass is 10.2. The van der Waals surface area contributed by atoms with Crippen LogP contribution in [0.5, 0.6) is 0 Å². The minimum Gasteiger partial charge on any atom is -0.481 e. The first-order valence-corrected chi connectivity index (χ1v) is 6.22. The monoisotopic (exact) mass is 262 g/mol. The van der Waals surface area contributed by atoms with Gasteiger partial charge in [0, 0.05) is 39.3 Å². The van der Waals surface area contributed by atoms with Gasteiger partial charge in [0.05, 0.1) is 0 Å². The second-order valence-electron chi connectivity index (χ2n) is 3.93. The van der Waals surface area contributed by atoms with Gasteiger partial charge in [0.25, 0.3) is 0 Å².